The molecule has 21 heavy (non-hydrogen) atoms. The van der Waals surface area contributed by atoms with Gasteiger partial charge in [-0.1, -0.05) is 32.0 Å². The highest BCUT2D eigenvalue weighted by molar-refractivity contribution is 9.11. The summed E-state index contributed by atoms with van der Waals surface area (Å²) in [6.45, 7) is 5.19. The Bertz CT molecular complexity index is 567. The van der Waals surface area contributed by atoms with Crippen LogP contribution in [0.15, 0.2) is 40.2 Å². The third-order valence-electron chi connectivity index (χ3n) is 3.40. The molecular formula is C17H21BrFNS. The van der Waals surface area contributed by atoms with Gasteiger partial charge in [-0.15, -0.1) is 11.3 Å². The average Bonchev–Trinajstić information content (AvgIpc) is 2.84. The average molecular weight is 370 g/mol. The zero-order valence-electron chi connectivity index (χ0n) is 12.4. The third kappa shape index (κ3) is 5.53. The minimum atomic E-state index is -0.0978. The first-order valence-electron chi connectivity index (χ1n) is 7.25. The molecule has 0 aliphatic rings. The van der Waals surface area contributed by atoms with Crippen molar-refractivity contribution in [2.75, 3.05) is 6.54 Å². The summed E-state index contributed by atoms with van der Waals surface area (Å²) in [5.41, 5.74) is 0.809. The summed E-state index contributed by atoms with van der Waals surface area (Å²) in [6, 6.07) is 11.8. The molecule has 0 saturated carbocycles. The molecule has 1 unspecified atom stereocenters. The smallest absolute Gasteiger partial charge is 0.126 e. The minimum absolute atomic E-state index is 0.0978. The lowest BCUT2D eigenvalue weighted by Crippen LogP contribution is -2.31. The van der Waals surface area contributed by atoms with Crippen molar-refractivity contribution in [1.29, 1.82) is 0 Å². The van der Waals surface area contributed by atoms with Gasteiger partial charge in [-0.2, -0.15) is 0 Å². The predicted octanol–water partition coefficient (Wildman–Crippen LogP) is 5.05. The summed E-state index contributed by atoms with van der Waals surface area (Å²) >= 11 is 5.27. The minimum Gasteiger partial charge on any atom is -0.314 e. The number of thiophene rings is 1. The van der Waals surface area contributed by atoms with Crippen molar-refractivity contribution >= 4 is 27.3 Å². The monoisotopic (exact) mass is 369 g/mol. The lowest BCUT2D eigenvalue weighted by Gasteiger charge is -2.19. The largest absolute Gasteiger partial charge is 0.314 e. The van der Waals surface area contributed by atoms with Gasteiger partial charge >= 0.3 is 0 Å². The quantitative estimate of drug-likeness (QED) is 0.719. The van der Waals surface area contributed by atoms with Gasteiger partial charge in [0.25, 0.3) is 0 Å². The summed E-state index contributed by atoms with van der Waals surface area (Å²) < 4.78 is 15.0. The zero-order valence-corrected chi connectivity index (χ0v) is 14.8. The molecule has 0 aliphatic heterocycles. The Morgan fingerprint density at radius 1 is 1.14 bits per heavy atom. The Hall–Kier alpha value is -0.710. The molecule has 2 aromatic rings. The van der Waals surface area contributed by atoms with E-state index >= 15 is 0 Å². The lowest BCUT2D eigenvalue weighted by molar-refractivity contribution is 0.439. The van der Waals surface area contributed by atoms with Gasteiger partial charge in [0.15, 0.2) is 0 Å². The van der Waals surface area contributed by atoms with Gasteiger partial charge in [-0.3, -0.25) is 0 Å². The number of hydrogen-bond acceptors (Lipinski definition) is 2. The van der Waals surface area contributed by atoms with E-state index in [0.29, 0.717) is 12.0 Å². The van der Waals surface area contributed by atoms with Crippen molar-refractivity contribution in [2.24, 2.45) is 5.92 Å². The maximum absolute atomic E-state index is 13.9. The molecule has 0 fully saturated rings. The highest BCUT2D eigenvalue weighted by Crippen LogP contribution is 2.25. The first-order chi connectivity index (χ1) is 10.0. The Labute approximate surface area is 138 Å². The number of hydrogen-bond donors (Lipinski definition) is 1. The van der Waals surface area contributed by atoms with Crippen molar-refractivity contribution in [3.05, 3.63) is 56.4 Å². The number of benzene rings is 1. The molecule has 1 aromatic heterocycles. The number of nitrogens with one attached hydrogen (secondary N) is 1. The van der Waals surface area contributed by atoms with Gasteiger partial charge < -0.3 is 5.32 Å². The van der Waals surface area contributed by atoms with Crippen LogP contribution >= 0.6 is 27.3 Å². The normalized spacial score (nSPS) is 12.8. The predicted molar refractivity (Wildman–Crippen MR) is 92.5 cm³/mol. The van der Waals surface area contributed by atoms with E-state index in [0.717, 1.165) is 28.7 Å². The Morgan fingerprint density at radius 2 is 1.90 bits per heavy atom. The van der Waals surface area contributed by atoms with Crippen LogP contribution in [-0.2, 0) is 12.8 Å². The van der Waals surface area contributed by atoms with E-state index in [-0.39, 0.29) is 5.82 Å². The number of rotatable bonds is 7. The van der Waals surface area contributed by atoms with E-state index < -0.39 is 0 Å². The molecule has 4 heteroatoms. The fourth-order valence-corrected chi connectivity index (χ4v) is 3.94. The molecule has 1 nitrogen and oxygen atoms in total. The molecule has 114 valence electrons. The van der Waals surface area contributed by atoms with Gasteiger partial charge in [0.2, 0.25) is 0 Å². The Balaban J connectivity index is 2.06. The van der Waals surface area contributed by atoms with E-state index in [1.165, 1.54) is 4.88 Å². The highest BCUT2D eigenvalue weighted by Gasteiger charge is 2.14. The van der Waals surface area contributed by atoms with Crippen LogP contribution < -0.4 is 5.32 Å². The summed E-state index contributed by atoms with van der Waals surface area (Å²) in [5, 5.41) is 3.48. The first kappa shape index (κ1) is 16.7. The zero-order chi connectivity index (χ0) is 15.2. The van der Waals surface area contributed by atoms with Gasteiger partial charge in [0.05, 0.1) is 3.79 Å². The molecule has 1 N–H and O–H groups in total. The van der Waals surface area contributed by atoms with E-state index in [2.05, 4.69) is 47.2 Å². The van der Waals surface area contributed by atoms with Crippen molar-refractivity contribution in [2.45, 2.75) is 32.7 Å². The standard InChI is InChI=1S/C17H21BrFNS/c1-12(2)20-11-13(10-15-7-8-17(18)21-15)9-14-5-3-4-6-16(14)19/h3-8,12-13,20H,9-11H2,1-2H3. The van der Waals surface area contributed by atoms with Crippen LogP contribution in [0.5, 0.6) is 0 Å². The summed E-state index contributed by atoms with van der Waals surface area (Å²) in [7, 11) is 0. The molecule has 0 saturated heterocycles. The Morgan fingerprint density at radius 3 is 2.52 bits per heavy atom. The van der Waals surface area contributed by atoms with Crippen molar-refractivity contribution < 1.29 is 4.39 Å². The second-order valence-corrected chi connectivity index (χ2v) is 8.18. The second kappa shape index (κ2) is 8.06. The SMILES string of the molecule is CC(C)NCC(Cc1ccc(Br)s1)Cc1ccccc1F. The van der Waals surface area contributed by atoms with Crippen LogP contribution in [0.1, 0.15) is 24.3 Å². The van der Waals surface area contributed by atoms with Crippen LogP contribution in [0.3, 0.4) is 0 Å². The molecule has 0 spiro atoms. The van der Waals surface area contributed by atoms with Crippen LogP contribution in [0.2, 0.25) is 0 Å². The molecule has 1 heterocycles. The maximum atomic E-state index is 13.9. The van der Waals surface area contributed by atoms with E-state index in [1.807, 2.05) is 12.1 Å². The molecule has 0 amide bonds. The van der Waals surface area contributed by atoms with Crippen LogP contribution in [0, 0.1) is 11.7 Å². The molecule has 0 radical (unpaired) electrons. The second-order valence-electron chi connectivity index (χ2n) is 5.63. The van der Waals surface area contributed by atoms with Crippen molar-refractivity contribution in [1.82, 2.24) is 5.32 Å². The molecule has 0 aliphatic carbocycles. The van der Waals surface area contributed by atoms with Gasteiger partial charge in [-0.25, -0.2) is 4.39 Å². The summed E-state index contributed by atoms with van der Waals surface area (Å²) in [6.07, 6.45) is 1.74. The van der Waals surface area contributed by atoms with Gasteiger partial charge in [-0.05, 0) is 65.0 Å². The Kier molecular flexibility index (Phi) is 6.40. The van der Waals surface area contributed by atoms with Gasteiger partial charge in [0, 0.05) is 10.9 Å². The van der Waals surface area contributed by atoms with E-state index in [9.17, 15) is 4.39 Å². The van der Waals surface area contributed by atoms with Crippen molar-refractivity contribution in [3.63, 3.8) is 0 Å². The molecule has 0 bridgehead atoms. The molecule has 1 aromatic carbocycles. The topological polar surface area (TPSA) is 12.0 Å². The number of halogens is 2. The molecule has 1 atom stereocenters. The third-order valence-corrected chi connectivity index (χ3v) is 5.05. The van der Waals surface area contributed by atoms with Crippen molar-refractivity contribution in [3.8, 4) is 0 Å². The molecule has 2 rings (SSSR count). The first-order valence-corrected chi connectivity index (χ1v) is 8.86. The van der Waals surface area contributed by atoms with E-state index in [1.54, 1.807) is 23.5 Å². The van der Waals surface area contributed by atoms with E-state index in [4.69, 9.17) is 0 Å². The summed E-state index contributed by atoms with van der Waals surface area (Å²) in [4.78, 5) is 1.34. The van der Waals surface area contributed by atoms with Gasteiger partial charge in [0.1, 0.15) is 5.82 Å². The highest BCUT2D eigenvalue weighted by atomic mass is 79.9. The molecular weight excluding hydrogens is 349 g/mol. The fraction of sp³-hybridized carbons (Fsp3) is 0.412. The van der Waals surface area contributed by atoms with Crippen LogP contribution in [-0.4, -0.2) is 12.6 Å². The van der Waals surface area contributed by atoms with Crippen LogP contribution in [0.25, 0.3) is 0 Å². The summed E-state index contributed by atoms with van der Waals surface area (Å²) in [5.74, 6) is 0.300. The maximum Gasteiger partial charge on any atom is 0.126 e. The lowest BCUT2D eigenvalue weighted by atomic mass is 9.95. The van der Waals surface area contributed by atoms with Crippen LogP contribution in [0.4, 0.5) is 4.39 Å². The fourth-order valence-electron chi connectivity index (χ4n) is 2.34.